The van der Waals surface area contributed by atoms with Crippen LogP contribution < -0.4 is 11.2 Å². The van der Waals surface area contributed by atoms with E-state index in [0.29, 0.717) is 10.9 Å². The standard InChI is InChI=1S/C19H14F3N3O5S/c1-10-2-5-14(16-15(10)17(26)25(28)18(27)23-16)31(29,30)12-4-3-11-6-7-24(13(11)8-12)9-19(20,21)22/h2-8,28H,9H2,1H3,(H,23,27). The molecular weight excluding hydrogens is 439 g/mol. The van der Waals surface area contributed by atoms with E-state index in [1.807, 2.05) is 0 Å². The Morgan fingerprint density at radius 3 is 2.48 bits per heavy atom. The summed E-state index contributed by atoms with van der Waals surface area (Å²) in [6.45, 7) is 0.200. The highest BCUT2D eigenvalue weighted by Gasteiger charge is 2.29. The van der Waals surface area contributed by atoms with Gasteiger partial charge in [-0.25, -0.2) is 13.2 Å². The predicted octanol–water partition coefficient (Wildman–Crippen LogP) is 2.59. The highest BCUT2D eigenvalue weighted by molar-refractivity contribution is 7.91. The molecule has 2 N–H and O–H groups in total. The lowest BCUT2D eigenvalue weighted by Crippen LogP contribution is -2.34. The topological polar surface area (TPSA) is 114 Å². The van der Waals surface area contributed by atoms with Crippen LogP contribution >= 0.6 is 0 Å². The van der Waals surface area contributed by atoms with Gasteiger partial charge in [0.05, 0.1) is 20.7 Å². The van der Waals surface area contributed by atoms with Crippen molar-refractivity contribution in [2.75, 3.05) is 0 Å². The van der Waals surface area contributed by atoms with Crippen LogP contribution in [-0.2, 0) is 16.4 Å². The van der Waals surface area contributed by atoms with E-state index in [-0.39, 0.29) is 26.0 Å². The molecule has 0 aliphatic heterocycles. The molecule has 0 aliphatic carbocycles. The highest BCUT2D eigenvalue weighted by atomic mass is 32.2. The third-order valence-electron chi connectivity index (χ3n) is 4.90. The Kier molecular flexibility index (Phi) is 4.50. The number of sulfone groups is 1. The summed E-state index contributed by atoms with van der Waals surface area (Å²) in [5.74, 6) is 0. The zero-order chi connectivity index (χ0) is 22.7. The van der Waals surface area contributed by atoms with Crippen molar-refractivity contribution in [1.82, 2.24) is 14.3 Å². The smallest absolute Gasteiger partial charge is 0.406 e. The van der Waals surface area contributed by atoms with E-state index in [1.165, 1.54) is 43.5 Å². The lowest BCUT2D eigenvalue weighted by atomic mass is 10.1. The fraction of sp³-hybridized carbons (Fsp3) is 0.158. The first-order chi connectivity index (χ1) is 14.4. The van der Waals surface area contributed by atoms with Gasteiger partial charge in [0.25, 0.3) is 5.56 Å². The van der Waals surface area contributed by atoms with Crippen LogP contribution in [0, 0.1) is 6.92 Å². The molecule has 0 amide bonds. The maximum absolute atomic E-state index is 13.3. The van der Waals surface area contributed by atoms with Gasteiger partial charge in [0.2, 0.25) is 9.84 Å². The highest BCUT2D eigenvalue weighted by Crippen LogP contribution is 2.30. The first-order valence-electron chi connectivity index (χ1n) is 8.79. The molecule has 4 rings (SSSR count). The van der Waals surface area contributed by atoms with Crippen LogP contribution in [0.2, 0.25) is 0 Å². The van der Waals surface area contributed by atoms with E-state index in [9.17, 15) is 36.4 Å². The van der Waals surface area contributed by atoms with Gasteiger partial charge in [-0.15, -0.1) is 0 Å². The number of rotatable bonds is 3. The third kappa shape index (κ3) is 3.38. The monoisotopic (exact) mass is 453 g/mol. The average Bonchev–Trinajstić information content (AvgIpc) is 3.06. The van der Waals surface area contributed by atoms with Crippen molar-refractivity contribution in [2.45, 2.75) is 29.4 Å². The Morgan fingerprint density at radius 2 is 1.81 bits per heavy atom. The van der Waals surface area contributed by atoms with E-state index in [0.717, 1.165) is 10.6 Å². The number of halogens is 3. The van der Waals surface area contributed by atoms with Crippen molar-refractivity contribution in [1.29, 1.82) is 0 Å². The second-order valence-electron chi connectivity index (χ2n) is 6.96. The summed E-state index contributed by atoms with van der Waals surface area (Å²) in [7, 11) is -4.35. The molecule has 0 saturated carbocycles. The summed E-state index contributed by atoms with van der Waals surface area (Å²) in [6, 6.07) is 7.65. The molecule has 0 fully saturated rings. The van der Waals surface area contributed by atoms with E-state index in [1.54, 1.807) is 0 Å². The van der Waals surface area contributed by atoms with E-state index in [4.69, 9.17) is 0 Å². The number of benzene rings is 2. The fourth-order valence-electron chi connectivity index (χ4n) is 3.46. The maximum atomic E-state index is 13.3. The average molecular weight is 453 g/mol. The Morgan fingerprint density at radius 1 is 1.10 bits per heavy atom. The van der Waals surface area contributed by atoms with Crippen LogP contribution in [0.1, 0.15) is 5.56 Å². The van der Waals surface area contributed by atoms with Crippen molar-refractivity contribution in [2.24, 2.45) is 0 Å². The number of aromatic nitrogens is 3. The lowest BCUT2D eigenvalue weighted by Gasteiger charge is -2.12. The van der Waals surface area contributed by atoms with Gasteiger partial charge in [-0.05, 0) is 42.1 Å². The number of aryl methyl sites for hydroxylation is 1. The summed E-state index contributed by atoms with van der Waals surface area (Å²) < 4.78 is 65.9. The second-order valence-corrected chi connectivity index (χ2v) is 8.88. The zero-order valence-corrected chi connectivity index (χ0v) is 16.6. The van der Waals surface area contributed by atoms with Crippen molar-refractivity contribution in [3.05, 3.63) is 69.0 Å². The minimum Gasteiger partial charge on any atom is -0.421 e. The fourth-order valence-corrected chi connectivity index (χ4v) is 4.90. The SMILES string of the molecule is Cc1ccc(S(=O)(=O)c2ccc3ccn(CC(F)(F)F)c3c2)c2[nH]c(=O)n(O)c(=O)c12. The largest absolute Gasteiger partial charge is 0.421 e. The first-order valence-corrected chi connectivity index (χ1v) is 10.3. The molecule has 162 valence electrons. The van der Waals surface area contributed by atoms with Crippen molar-refractivity contribution in [3.8, 4) is 0 Å². The van der Waals surface area contributed by atoms with Gasteiger partial charge in [0.1, 0.15) is 6.54 Å². The maximum Gasteiger partial charge on any atom is 0.406 e. The minimum absolute atomic E-state index is 0.0565. The van der Waals surface area contributed by atoms with Crippen LogP contribution in [0.4, 0.5) is 13.2 Å². The Bertz CT molecular complexity index is 1580. The minimum atomic E-state index is -4.50. The van der Waals surface area contributed by atoms with E-state index < -0.39 is 38.7 Å². The van der Waals surface area contributed by atoms with Gasteiger partial charge in [-0.3, -0.25) is 4.79 Å². The van der Waals surface area contributed by atoms with Crippen LogP contribution in [0.3, 0.4) is 0 Å². The quantitative estimate of drug-likeness (QED) is 0.463. The lowest BCUT2D eigenvalue weighted by molar-refractivity contribution is -0.139. The molecule has 8 nitrogen and oxygen atoms in total. The first kappa shape index (κ1) is 20.7. The zero-order valence-electron chi connectivity index (χ0n) is 15.8. The van der Waals surface area contributed by atoms with Crippen molar-refractivity contribution < 1.29 is 26.8 Å². The molecule has 0 atom stereocenters. The number of fused-ring (bicyclic) bond motifs is 2. The van der Waals surface area contributed by atoms with Gasteiger partial charge in [0.15, 0.2) is 0 Å². The summed E-state index contributed by atoms with van der Waals surface area (Å²) in [5.41, 5.74) is -2.25. The number of hydrogen-bond donors (Lipinski definition) is 2. The van der Waals surface area contributed by atoms with Gasteiger partial charge >= 0.3 is 11.9 Å². The number of aromatic amines is 1. The normalized spacial score (nSPS) is 12.6. The van der Waals surface area contributed by atoms with Crippen LogP contribution in [-0.4, -0.2) is 34.1 Å². The number of hydrogen-bond acceptors (Lipinski definition) is 5. The van der Waals surface area contributed by atoms with Crippen molar-refractivity contribution in [3.63, 3.8) is 0 Å². The molecule has 31 heavy (non-hydrogen) atoms. The molecule has 12 heteroatoms. The van der Waals surface area contributed by atoms with Gasteiger partial charge in [-0.2, -0.15) is 13.2 Å². The molecule has 0 spiro atoms. The van der Waals surface area contributed by atoms with Gasteiger partial charge in [0, 0.05) is 11.7 Å². The molecule has 0 aliphatic rings. The summed E-state index contributed by atoms with van der Waals surface area (Å²) in [5, 5.41) is 9.78. The Labute approximate surface area is 171 Å². The molecular formula is C19H14F3N3O5S. The van der Waals surface area contributed by atoms with Gasteiger partial charge < -0.3 is 14.8 Å². The van der Waals surface area contributed by atoms with Crippen LogP contribution in [0.5, 0.6) is 0 Å². The predicted molar refractivity (Wildman–Crippen MR) is 104 cm³/mol. The summed E-state index contributed by atoms with van der Waals surface area (Å²) in [4.78, 5) is 25.6. The molecule has 4 aromatic rings. The third-order valence-corrected chi connectivity index (χ3v) is 6.69. The molecule has 2 aromatic heterocycles. The molecule has 0 radical (unpaired) electrons. The molecule has 2 aromatic carbocycles. The summed E-state index contributed by atoms with van der Waals surface area (Å²) >= 11 is 0. The Balaban J connectivity index is 1.98. The van der Waals surface area contributed by atoms with Crippen LogP contribution in [0.15, 0.2) is 62.0 Å². The Hall–Kier alpha value is -3.54. The molecule has 0 bridgehead atoms. The number of nitrogens with zero attached hydrogens (tertiary/aromatic N) is 2. The molecule has 2 heterocycles. The number of H-pyrrole nitrogens is 1. The summed E-state index contributed by atoms with van der Waals surface area (Å²) in [6.07, 6.45) is -3.30. The number of alkyl halides is 3. The van der Waals surface area contributed by atoms with E-state index in [2.05, 4.69) is 4.98 Å². The second kappa shape index (κ2) is 6.74. The van der Waals surface area contributed by atoms with Gasteiger partial charge in [-0.1, -0.05) is 16.9 Å². The van der Waals surface area contributed by atoms with Crippen molar-refractivity contribution >= 4 is 31.6 Å². The molecule has 0 saturated heterocycles. The van der Waals surface area contributed by atoms with E-state index >= 15 is 0 Å². The number of nitrogens with one attached hydrogen (secondary N) is 1. The van der Waals surface area contributed by atoms with Crippen LogP contribution in [0.25, 0.3) is 21.8 Å². The molecule has 0 unspecified atom stereocenters.